The Hall–Kier alpha value is -2.66. The average molecular weight is 323 g/mol. The van der Waals surface area contributed by atoms with Crippen molar-refractivity contribution in [2.75, 3.05) is 25.6 Å². The summed E-state index contributed by atoms with van der Waals surface area (Å²) in [6, 6.07) is 14.0. The van der Waals surface area contributed by atoms with Crippen LogP contribution in [0.1, 0.15) is 11.1 Å². The minimum absolute atomic E-state index is 0.579. The summed E-state index contributed by atoms with van der Waals surface area (Å²) in [6.07, 6.45) is 1.58. The molecule has 0 saturated heterocycles. The lowest BCUT2D eigenvalue weighted by Crippen LogP contribution is -2.11. The summed E-state index contributed by atoms with van der Waals surface area (Å²) < 4.78 is 10.8. The van der Waals surface area contributed by atoms with Gasteiger partial charge in [-0.25, -0.2) is 9.97 Å². The quantitative estimate of drug-likeness (QED) is 0.674. The number of anilines is 1. The fourth-order valence-electron chi connectivity index (χ4n) is 2.46. The van der Waals surface area contributed by atoms with Gasteiger partial charge in [0, 0.05) is 11.9 Å². The zero-order valence-corrected chi connectivity index (χ0v) is 14.0. The van der Waals surface area contributed by atoms with Gasteiger partial charge in [0.25, 0.3) is 0 Å². The van der Waals surface area contributed by atoms with Gasteiger partial charge in [0.2, 0.25) is 0 Å². The predicted octanol–water partition coefficient (Wildman–Crippen LogP) is 3.58. The van der Waals surface area contributed by atoms with Crippen molar-refractivity contribution in [3.05, 3.63) is 59.9 Å². The van der Waals surface area contributed by atoms with Crippen LogP contribution in [0.15, 0.2) is 48.8 Å². The van der Waals surface area contributed by atoms with Crippen molar-refractivity contribution in [3.8, 4) is 5.75 Å². The summed E-state index contributed by atoms with van der Waals surface area (Å²) in [7, 11) is 1.66. The van der Waals surface area contributed by atoms with E-state index in [-0.39, 0.29) is 0 Å². The maximum Gasteiger partial charge on any atom is 0.137 e. The van der Waals surface area contributed by atoms with E-state index < -0.39 is 0 Å². The van der Waals surface area contributed by atoms with Gasteiger partial charge >= 0.3 is 0 Å². The Labute approximate surface area is 141 Å². The zero-order chi connectivity index (χ0) is 16.8. The molecule has 1 heterocycles. The first-order chi connectivity index (χ1) is 11.8. The van der Waals surface area contributed by atoms with E-state index in [1.54, 1.807) is 13.4 Å². The van der Waals surface area contributed by atoms with Gasteiger partial charge in [-0.2, -0.15) is 0 Å². The number of aryl methyl sites for hydroxylation is 1. The van der Waals surface area contributed by atoms with E-state index in [4.69, 9.17) is 9.47 Å². The lowest BCUT2D eigenvalue weighted by Gasteiger charge is -2.09. The number of nitrogens with one attached hydrogen (secondary N) is 1. The van der Waals surface area contributed by atoms with Gasteiger partial charge in [0.15, 0.2) is 0 Å². The van der Waals surface area contributed by atoms with E-state index in [1.807, 2.05) is 30.3 Å². The van der Waals surface area contributed by atoms with Crippen LogP contribution in [0, 0.1) is 6.92 Å². The molecule has 124 valence electrons. The van der Waals surface area contributed by atoms with Crippen LogP contribution in [-0.2, 0) is 11.3 Å². The normalized spacial score (nSPS) is 10.8. The first-order valence-corrected chi connectivity index (χ1v) is 7.92. The molecule has 3 rings (SSSR count). The first-order valence-electron chi connectivity index (χ1n) is 7.92. The number of benzene rings is 2. The molecule has 0 aliphatic heterocycles. The summed E-state index contributed by atoms with van der Waals surface area (Å²) >= 11 is 0. The predicted molar refractivity (Wildman–Crippen MR) is 95.4 cm³/mol. The van der Waals surface area contributed by atoms with Crippen LogP contribution < -0.4 is 10.1 Å². The Bertz CT molecular complexity index is 803. The second kappa shape index (κ2) is 7.75. The fraction of sp³-hybridized carbons (Fsp3) is 0.263. The molecule has 0 spiro atoms. The number of nitrogens with zero attached hydrogens (tertiary/aromatic N) is 2. The smallest absolute Gasteiger partial charge is 0.137 e. The molecule has 0 radical (unpaired) electrons. The third-order valence-corrected chi connectivity index (χ3v) is 3.76. The van der Waals surface area contributed by atoms with Crippen LogP contribution in [0.2, 0.25) is 0 Å². The van der Waals surface area contributed by atoms with Gasteiger partial charge in [-0.3, -0.25) is 0 Å². The standard InChI is InChI=1S/C19H21N3O2/c1-14-3-8-18-17(11-14)19(22-13-21-18)20-9-10-24-12-15-4-6-16(23-2)7-5-15/h3-8,11,13H,9-10,12H2,1-2H3,(H,20,21,22). The van der Waals surface area contributed by atoms with Gasteiger partial charge in [-0.1, -0.05) is 23.8 Å². The molecule has 1 N–H and O–H groups in total. The Kier molecular flexibility index (Phi) is 5.23. The largest absolute Gasteiger partial charge is 0.497 e. The van der Waals surface area contributed by atoms with E-state index in [2.05, 4.69) is 34.3 Å². The molecule has 0 aliphatic rings. The van der Waals surface area contributed by atoms with Crippen molar-refractivity contribution in [1.29, 1.82) is 0 Å². The minimum atomic E-state index is 0.579. The highest BCUT2D eigenvalue weighted by atomic mass is 16.5. The van der Waals surface area contributed by atoms with E-state index in [9.17, 15) is 0 Å². The minimum Gasteiger partial charge on any atom is -0.497 e. The molecule has 1 aromatic heterocycles. The van der Waals surface area contributed by atoms with Crippen molar-refractivity contribution in [2.45, 2.75) is 13.5 Å². The summed E-state index contributed by atoms with van der Waals surface area (Å²) in [6.45, 7) is 3.93. The molecule has 3 aromatic rings. The second-order valence-electron chi connectivity index (χ2n) is 5.57. The van der Waals surface area contributed by atoms with E-state index in [0.717, 1.165) is 28.0 Å². The molecule has 5 heteroatoms. The maximum absolute atomic E-state index is 5.70. The Balaban J connectivity index is 1.50. The zero-order valence-electron chi connectivity index (χ0n) is 14.0. The van der Waals surface area contributed by atoms with Crippen LogP contribution in [0.4, 0.5) is 5.82 Å². The van der Waals surface area contributed by atoms with Gasteiger partial charge < -0.3 is 14.8 Å². The van der Waals surface area contributed by atoms with Gasteiger partial charge in [0.1, 0.15) is 17.9 Å². The van der Waals surface area contributed by atoms with Gasteiger partial charge in [0.05, 0.1) is 25.8 Å². The number of rotatable bonds is 7. The average Bonchev–Trinajstić information content (AvgIpc) is 2.62. The number of hydrogen-bond donors (Lipinski definition) is 1. The molecule has 2 aromatic carbocycles. The number of fused-ring (bicyclic) bond motifs is 1. The first kappa shape index (κ1) is 16.2. The van der Waals surface area contributed by atoms with Gasteiger partial charge in [-0.15, -0.1) is 0 Å². The summed E-state index contributed by atoms with van der Waals surface area (Å²) in [5, 5.41) is 4.36. The fourth-order valence-corrected chi connectivity index (χ4v) is 2.46. The number of methoxy groups -OCH3 is 1. The van der Waals surface area contributed by atoms with E-state index in [1.165, 1.54) is 5.56 Å². The van der Waals surface area contributed by atoms with E-state index in [0.29, 0.717) is 19.8 Å². The maximum atomic E-state index is 5.70. The van der Waals surface area contributed by atoms with Crippen molar-refractivity contribution < 1.29 is 9.47 Å². The SMILES string of the molecule is COc1ccc(COCCNc2ncnc3ccc(C)cc23)cc1. The number of hydrogen-bond acceptors (Lipinski definition) is 5. The van der Waals surface area contributed by atoms with Crippen molar-refractivity contribution in [2.24, 2.45) is 0 Å². The third-order valence-electron chi connectivity index (χ3n) is 3.76. The van der Waals surface area contributed by atoms with Crippen molar-refractivity contribution in [3.63, 3.8) is 0 Å². The molecule has 0 saturated carbocycles. The van der Waals surface area contributed by atoms with Crippen LogP contribution in [0.5, 0.6) is 5.75 Å². The summed E-state index contributed by atoms with van der Waals surface area (Å²) in [5.74, 6) is 1.70. The third kappa shape index (κ3) is 4.00. The number of aromatic nitrogens is 2. The molecule has 24 heavy (non-hydrogen) atoms. The van der Waals surface area contributed by atoms with Crippen molar-refractivity contribution in [1.82, 2.24) is 9.97 Å². The Morgan fingerprint density at radius 2 is 1.88 bits per heavy atom. The van der Waals surface area contributed by atoms with Crippen LogP contribution in [-0.4, -0.2) is 30.2 Å². The van der Waals surface area contributed by atoms with E-state index >= 15 is 0 Å². The molecular formula is C19H21N3O2. The van der Waals surface area contributed by atoms with Crippen LogP contribution >= 0.6 is 0 Å². The van der Waals surface area contributed by atoms with Gasteiger partial charge in [-0.05, 0) is 36.8 Å². The highest BCUT2D eigenvalue weighted by Crippen LogP contribution is 2.20. The lowest BCUT2D eigenvalue weighted by atomic mass is 10.1. The monoisotopic (exact) mass is 323 g/mol. The van der Waals surface area contributed by atoms with Crippen LogP contribution in [0.25, 0.3) is 10.9 Å². The van der Waals surface area contributed by atoms with Crippen LogP contribution in [0.3, 0.4) is 0 Å². The molecule has 0 atom stereocenters. The molecule has 0 fully saturated rings. The topological polar surface area (TPSA) is 56.3 Å². The Morgan fingerprint density at radius 1 is 1.04 bits per heavy atom. The molecule has 0 amide bonds. The number of ether oxygens (including phenoxy) is 2. The highest BCUT2D eigenvalue weighted by molar-refractivity contribution is 5.89. The molecule has 0 aliphatic carbocycles. The highest BCUT2D eigenvalue weighted by Gasteiger charge is 2.03. The lowest BCUT2D eigenvalue weighted by molar-refractivity contribution is 0.130. The second-order valence-corrected chi connectivity index (χ2v) is 5.57. The summed E-state index contributed by atoms with van der Waals surface area (Å²) in [4.78, 5) is 8.62. The van der Waals surface area contributed by atoms with Crippen molar-refractivity contribution >= 4 is 16.7 Å². The Morgan fingerprint density at radius 3 is 2.67 bits per heavy atom. The summed E-state index contributed by atoms with van der Waals surface area (Å²) in [5.41, 5.74) is 3.26. The molecule has 0 bridgehead atoms. The molecular weight excluding hydrogens is 302 g/mol. The molecule has 5 nitrogen and oxygen atoms in total. The molecule has 0 unspecified atom stereocenters.